The third kappa shape index (κ3) is 2.18. The quantitative estimate of drug-likeness (QED) is 0.782. The molecule has 0 aliphatic carbocycles. The Labute approximate surface area is 112 Å². The Hall–Kier alpha value is -0.690. The summed E-state index contributed by atoms with van der Waals surface area (Å²) in [7, 11) is 0. The number of nitrogens with zero attached hydrogens (tertiary/aromatic N) is 2. The van der Waals surface area contributed by atoms with E-state index in [-0.39, 0.29) is 11.9 Å². The van der Waals surface area contributed by atoms with E-state index < -0.39 is 0 Å². The maximum absolute atomic E-state index is 13.2. The molecule has 1 aliphatic rings. The zero-order valence-electron chi connectivity index (χ0n) is 9.20. The summed E-state index contributed by atoms with van der Waals surface area (Å²) in [5, 5.41) is 5.33. The van der Waals surface area contributed by atoms with Crippen molar-refractivity contribution in [3.63, 3.8) is 0 Å². The highest BCUT2D eigenvalue weighted by molar-refractivity contribution is 14.1. The van der Waals surface area contributed by atoms with Gasteiger partial charge in [-0.3, -0.25) is 4.68 Å². The van der Waals surface area contributed by atoms with Gasteiger partial charge in [0.15, 0.2) is 0 Å². The van der Waals surface area contributed by atoms with Crippen molar-refractivity contribution in [3.05, 3.63) is 27.7 Å². The van der Waals surface area contributed by atoms with Crippen LogP contribution in [0.4, 0.5) is 4.39 Å². The van der Waals surface area contributed by atoms with Gasteiger partial charge in [0, 0.05) is 12.0 Å². The van der Waals surface area contributed by atoms with E-state index in [1.54, 1.807) is 6.07 Å². The Morgan fingerprint density at radius 1 is 1.53 bits per heavy atom. The zero-order valence-corrected chi connectivity index (χ0v) is 11.4. The lowest BCUT2D eigenvalue weighted by molar-refractivity contribution is 0.0950. The number of benzene rings is 1. The fourth-order valence-corrected chi connectivity index (χ4v) is 2.93. The average Bonchev–Trinajstić information content (AvgIpc) is 2.89. The predicted octanol–water partition coefficient (Wildman–Crippen LogP) is 2.96. The van der Waals surface area contributed by atoms with Gasteiger partial charge in [-0.25, -0.2) is 4.39 Å². The molecule has 0 bridgehead atoms. The average molecular weight is 346 g/mol. The van der Waals surface area contributed by atoms with Gasteiger partial charge in [-0.15, -0.1) is 0 Å². The molecule has 0 saturated carbocycles. The number of ether oxygens (including phenoxy) is 1. The molecule has 1 aromatic carbocycles. The molecule has 2 aromatic rings. The molecule has 17 heavy (non-hydrogen) atoms. The minimum Gasteiger partial charge on any atom is -0.376 e. The van der Waals surface area contributed by atoms with Crippen LogP contribution in [0.5, 0.6) is 0 Å². The van der Waals surface area contributed by atoms with Crippen molar-refractivity contribution in [3.8, 4) is 0 Å². The van der Waals surface area contributed by atoms with E-state index in [4.69, 9.17) is 4.74 Å². The number of halogens is 2. The number of fused-ring (bicyclic) bond motifs is 1. The minimum atomic E-state index is -0.216. The topological polar surface area (TPSA) is 27.1 Å². The summed E-state index contributed by atoms with van der Waals surface area (Å²) in [6.45, 7) is 1.60. The molecule has 0 spiro atoms. The molecule has 5 heteroatoms. The third-order valence-corrected chi connectivity index (χ3v) is 3.86. The fourth-order valence-electron chi connectivity index (χ4n) is 2.23. The Kier molecular flexibility index (Phi) is 3.04. The Morgan fingerprint density at radius 3 is 3.18 bits per heavy atom. The SMILES string of the molecule is Fc1ccc2c(c1)c(I)nn2CC1CCCO1. The molecule has 0 radical (unpaired) electrons. The molecule has 3 rings (SSSR count). The van der Waals surface area contributed by atoms with Gasteiger partial charge in [0.05, 0.1) is 18.2 Å². The summed E-state index contributed by atoms with van der Waals surface area (Å²) in [5.74, 6) is -0.216. The van der Waals surface area contributed by atoms with Crippen molar-refractivity contribution in [1.82, 2.24) is 9.78 Å². The van der Waals surface area contributed by atoms with E-state index in [2.05, 4.69) is 27.7 Å². The lowest BCUT2D eigenvalue weighted by Gasteiger charge is -2.09. The van der Waals surface area contributed by atoms with Crippen LogP contribution in [0.2, 0.25) is 0 Å². The fraction of sp³-hybridized carbons (Fsp3) is 0.417. The minimum absolute atomic E-state index is 0.216. The normalized spacial score (nSPS) is 20.2. The van der Waals surface area contributed by atoms with Gasteiger partial charge in [0.2, 0.25) is 0 Å². The zero-order chi connectivity index (χ0) is 11.8. The van der Waals surface area contributed by atoms with Gasteiger partial charge >= 0.3 is 0 Å². The molecule has 90 valence electrons. The maximum atomic E-state index is 13.2. The molecule has 3 nitrogen and oxygen atoms in total. The Morgan fingerprint density at radius 2 is 2.41 bits per heavy atom. The first kappa shape index (κ1) is 11.4. The second kappa shape index (κ2) is 4.53. The molecular formula is C12H12FIN2O. The van der Waals surface area contributed by atoms with Crippen LogP contribution in [0.15, 0.2) is 18.2 Å². The van der Waals surface area contributed by atoms with Crippen LogP contribution in [-0.4, -0.2) is 22.5 Å². The molecular weight excluding hydrogens is 334 g/mol. The molecule has 2 heterocycles. The maximum Gasteiger partial charge on any atom is 0.131 e. The summed E-state index contributed by atoms with van der Waals surface area (Å²) in [6.07, 6.45) is 2.45. The summed E-state index contributed by atoms with van der Waals surface area (Å²) < 4.78 is 21.5. The van der Waals surface area contributed by atoms with Crippen LogP contribution < -0.4 is 0 Å². The highest BCUT2D eigenvalue weighted by Crippen LogP contribution is 2.23. The van der Waals surface area contributed by atoms with E-state index in [0.717, 1.165) is 40.6 Å². The molecule has 0 amide bonds. The molecule has 0 N–H and O–H groups in total. The van der Waals surface area contributed by atoms with Gasteiger partial charge in [0.1, 0.15) is 9.52 Å². The Bertz CT molecular complexity index is 549. The highest BCUT2D eigenvalue weighted by atomic mass is 127. The van der Waals surface area contributed by atoms with E-state index >= 15 is 0 Å². The van der Waals surface area contributed by atoms with Crippen molar-refractivity contribution < 1.29 is 9.13 Å². The van der Waals surface area contributed by atoms with Crippen molar-refractivity contribution in [2.24, 2.45) is 0 Å². The predicted molar refractivity (Wildman–Crippen MR) is 71.4 cm³/mol. The van der Waals surface area contributed by atoms with Crippen LogP contribution in [-0.2, 0) is 11.3 Å². The second-order valence-electron chi connectivity index (χ2n) is 4.27. The first-order valence-corrected chi connectivity index (χ1v) is 6.75. The summed E-state index contributed by atoms with van der Waals surface area (Å²) in [4.78, 5) is 0. The van der Waals surface area contributed by atoms with E-state index in [1.165, 1.54) is 12.1 Å². The largest absolute Gasteiger partial charge is 0.376 e. The lowest BCUT2D eigenvalue weighted by Crippen LogP contribution is -2.15. The first-order valence-electron chi connectivity index (χ1n) is 5.67. The van der Waals surface area contributed by atoms with E-state index in [1.807, 2.05) is 4.68 Å². The summed E-state index contributed by atoms with van der Waals surface area (Å²) in [5.41, 5.74) is 0.978. The van der Waals surface area contributed by atoms with Gasteiger partial charge in [0.25, 0.3) is 0 Å². The molecule has 1 atom stereocenters. The Balaban J connectivity index is 1.98. The number of hydrogen-bond acceptors (Lipinski definition) is 2. The van der Waals surface area contributed by atoms with Gasteiger partial charge < -0.3 is 4.74 Å². The van der Waals surface area contributed by atoms with Crippen molar-refractivity contribution in [2.75, 3.05) is 6.61 Å². The van der Waals surface area contributed by atoms with Gasteiger partial charge in [-0.2, -0.15) is 5.10 Å². The smallest absolute Gasteiger partial charge is 0.131 e. The molecule has 1 saturated heterocycles. The van der Waals surface area contributed by atoms with Crippen LogP contribution in [0.1, 0.15) is 12.8 Å². The molecule has 1 aromatic heterocycles. The van der Waals surface area contributed by atoms with Crippen LogP contribution in [0, 0.1) is 9.52 Å². The monoisotopic (exact) mass is 346 g/mol. The first-order chi connectivity index (χ1) is 8.24. The lowest BCUT2D eigenvalue weighted by atomic mass is 10.2. The van der Waals surface area contributed by atoms with Crippen molar-refractivity contribution in [2.45, 2.75) is 25.5 Å². The van der Waals surface area contributed by atoms with Crippen LogP contribution in [0.3, 0.4) is 0 Å². The van der Waals surface area contributed by atoms with Gasteiger partial charge in [-0.1, -0.05) is 0 Å². The van der Waals surface area contributed by atoms with Crippen molar-refractivity contribution in [1.29, 1.82) is 0 Å². The summed E-state index contributed by atoms with van der Waals surface area (Å²) in [6, 6.07) is 4.80. The number of aromatic nitrogens is 2. The second-order valence-corrected chi connectivity index (χ2v) is 5.29. The highest BCUT2D eigenvalue weighted by Gasteiger charge is 2.18. The van der Waals surface area contributed by atoms with E-state index in [9.17, 15) is 4.39 Å². The summed E-state index contributed by atoms with van der Waals surface area (Å²) >= 11 is 2.14. The molecule has 1 unspecified atom stereocenters. The van der Waals surface area contributed by atoms with Crippen LogP contribution in [0.25, 0.3) is 10.9 Å². The van der Waals surface area contributed by atoms with Gasteiger partial charge in [-0.05, 0) is 53.6 Å². The van der Waals surface area contributed by atoms with Crippen LogP contribution >= 0.6 is 22.6 Å². The number of hydrogen-bond donors (Lipinski definition) is 0. The number of rotatable bonds is 2. The van der Waals surface area contributed by atoms with Crippen molar-refractivity contribution >= 4 is 33.5 Å². The van der Waals surface area contributed by atoms with E-state index in [0.29, 0.717) is 0 Å². The molecule has 1 fully saturated rings. The molecule has 1 aliphatic heterocycles. The standard InChI is InChI=1S/C12H12FIN2O/c13-8-3-4-11-10(6-8)12(14)15-16(11)7-9-2-1-5-17-9/h3-4,6,9H,1-2,5,7H2. The third-order valence-electron chi connectivity index (χ3n) is 3.07.